The number of hydrogen-bond donors (Lipinski definition) is 2. The van der Waals surface area contributed by atoms with E-state index in [9.17, 15) is 0 Å². The van der Waals surface area contributed by atoms with Crippen molar-refractivity contribution in [1.82, 2.24) is 14.9 Å². The molecule has 0 atom stereocenters. The van der Waals surface area contributed by atoms with E-state index in [1.807, 2.05) is 39.5 Å². The maximum Gasteiger partial charge on any atom is 0.209 e. The molecule has 0 bridgehead atoms. The fraction of sp³-hybridized carbons (Fsp3) is 0.389. The second-order valence-corrected chi connectivity index (χ2v) is 5.95. The van der Waals surface area contributed by atoms with Crippen LogP contribution >= 0.6 is 0 Å². The number of nitrogens with one attached hydrogen (secondary N) is 2. The van der Waals surface area contributed by atoms with Crippen molar-refractivity contribution < 1.29 is 0 Å². The standard InChI is InChI=1S/C18H24N6/c1-13-8-14(2)17(15(3)9-13)23-18(22-11-19)21-6-5-7-24-12-20-10-16(24)4/h8-10,12H,5-7H2,1-4H3,(H2,21,22,23). The number of imidazole rings is 1. The molecule has 0 aliphatic heterocycles. The van der Waals surface area contributed by atoms with Crippen LogP contribution in [-0.4, -0.2) is 22.1 Å². The first-order valence-electron chi connectivity index (χ1n) is 8.02. The van der Waals surface area contributed by atoms with Gasteiger partial charge in [-0.3, -0.25) is 10.3 Å². The molecule has 2 N–H and O–H groups in total. The zero-order valence-electron chi connectivity index (χ0n) is 14.7. The summed E-state index contributed by atoms with van der Waals surface area (Å²) in [5.74, 6) is 0.481. The molecule has 0 fully saturated rings. The molecular formula is C18H24N6. The van der Waals surface area contributed by atoms with Crippen LogP contribution in [0, 0.1) is 39.1 Å². The molecule has 0 saturated carbocycles. The van der Waals surface area contributed by atoms with Crippen molar-refractivity contribution in [1.29, 1.82) is 5.26 Å². The molecule has 0 saturated heterocycles. The fourth-order valence-corrected chi connectivity index (χ4v) is 2.71. The number of guanidine groups is 1. The number of anilines is 1. The summed E-state index contributed by atoms with van der Waals surface area (Å²) in [5.41, 5.74) is 5.62. The van der Waals surface area contributed by atoms with Gasteiger partial charge < -0.3 is 9.88 Å². The molecular weight excluding hydrogens is 300 g/mol. The average Bonchev–Trinajstić information content (AvgIpc) is 2.92. The van der Waals surface area contributed by atoms with Gasteiger partial charge in [-0.25, -0.2) is 4.98 Å². The average molecular weight is 324 g/mol. The monoisotopic (exact) mass is 324 g/mol. The highest BCUT2D eigenvalue weighted by molar-refractivity contribution is 5.95. The Balaban J connectivity index is 2.01. The highest BCUT2D eigenvalue weighted by Crippen LogP contribution is 2.21. The second kappa shape index (κ2) is 8.16. The van der Waals surface area contributed by atoms with Gasteiger partial charge in [-0.15, -0.1) is 0 Å². The topological polar surface area (TPSA) is 78.0 Å². The SMILES string of the molecule is Cc1cc(C)c(NC(=NCCCn2cncc2C)NC#N)c(C)c1. The minimum Gasteiger partial charge on any atom is -0.335 e. The van der Waals surface area contributed by atoms with Crippen molar-refractivity contribution >= 4 is 11.6 Å². The predicted octanol–water partition coefficient (Wildman–Crippen LogP) is 3.05. The molecule has 1 aromatic heterocycles. The van der Waals surface area contributed by atoms with Crippen LogP contribution in [-0.2, 0) is 6.54 Å². The van der Waals surface area contributed by atoms with Crippen LogP contribution in [0.4, 0.5) is 5.69 Å². The van der Waals surface area contributed by atoms with Gasteiger partial charge in [0, 0.05) is 30.7 Å². The quantitative estimate of drug-likeness (QED) is 0.291. The zero-order valence-corrected chi connectivity index (χ0v) is 14.7. The van der Waals surface area contributed by atoms with E-state index >= 15 is 0 Å². The summed E-state index contributed by atoms with van der Waals surface area (Å²) < 4.78 is 2.09. The lowest BCUT2D eigenvalue weighted by Gasteiger charge is -2.14. The Kier molecular flexibility index (Phi) is 5.96. The van der Waals surface area contributed by atoms with E-state index in [0.717, 1.165) is 35.5 Å². The van der Waals surface area contributed by atoms with Gasteiger partial charge in [0.05, 0.1) is 6.33 Å². The van der Waals surface area contributed by atoms with Gasteiger partial charge in [-0.2, -0.15) is 5.26 Å². The van der Waals surface area contributed by atoms with E-state index in [1.54, 1.807) is 0 Å². The number of nitrogens with zero attached hydrogens (tertiary/aromatic N) is 4. The van der Waals surface area contributed by atoms with E-state index in [-0.39, 0.29) is 0 Å². The Labute approximate surface area is 143 Å². The molecule has 2 rings (SSSR count). The van der Waals surface area contributed by atoms with E-state index in [4.69, 9.17) is 5.26 Å². The van der Waals surface area contributed by atoms with Crippen molar-refractivity contribution in [2.24, 2.45) is 4.99 Å². The van der Waals surface area contributed by atoms with Crippen LogP contribution < -0.4 is 10.6 Å². The first-order chi connectivity index (χ1) is 11.5. The molecule has 24 heavy (non-hydrogen) atoms. The van der Waals surface area contributed by atoms with Crippen molar-refractivity contribution in [3.05, 3.63) is 47.0 Å². The second-order valence-electron chi connectivity index (χ2n) is 5.95. The molecule has 0 aliphatic rings. The highest BCUT2D eigenvalue weighted by atomic mass is 15.2. The third kappa shape index (κ3) is 4.59. The number of aromatic nitrogens is 2. The molecule has 6 heteroatoms. The minimum absolute atomic E-state index is 0.481. The van der Waals surface area contributed by atoms with Crippen LogP contribution in [0.15, 0.2) is 29.6 Å². The van der Waals surface area contributed by atoms with Crippen LogP contribution in [0.3, 0.4) is 0 Å². The molecule has 6 nitrogen and oxygen atoms in total. The Morgan fingerprint density at radius 3 is 2.54 bits per heavy atom. The van der Waals surface area contributed by atoms with Crippen LogP contribution in [0.25, 0.3) is 0 Å². The highest BCUT2D eigenvalue weighted by Gasteiger charge is 2.06. The van der Waals surface area contributed by atoms with E-state index in [0.29, 0.717) is 12.5 Å². The van der Waals surface area contributed by atoms with Gasteiger partial charge in [0.2, 0.25) is 5.96 Å². The third-order valence-electron chi connectivity index (χ3n) is 3.84. The van der Waals surface area contributed by atoms with Crippen LogP contribution in [0.2, 0.25) is 0 Å². The minimum atomic E-state index is 0.481. The number of hydrogen-bond acceptors (Lipinski definition) is 3. The number of nitriles is 1. The van der Waals surface area contributed by atoms with Crippen molar-refractivity contribution in [2.45, 2.75) is 40.7 Å². The molecule has 0 aliphatic carbocycles. The molecule has 0 radical (unpaired) electrons. The number of aryl methyl sites for hydroxylation is 5. The Morgan fingerprint density at radius 2 is 1.96 bits per heavy atom. The Morgan fingerprint density at radius 1 is 1.25 bits per heavy atom. The number of aliphatic imine (C=N–C) groups is 1. The molecule has 1 heterocycles. The van der Waals surface area contributed by atoms with Crippen LogP contribution in [0.5, 0.6) is 0 Å². The van der Waals surface area contributed by atoms with E-state index in [1.165, 1.54) is 5.56 Å². The Hall–Kier alpha value is -2.81. The van der Waals surface area contributed by atoms with Gasteiger partial charge >= 0.3 is 0 Å². The van der Waals surface area contributed by atoms with Crippen molar-refractivity contribution in [3.8, 4) is 6.19 Å². The van der Waals surface area contributed by atoms with Crippen molar-refractivity contribution in [3.63, 3.8) is 0 Å². The normalized spacial score (nSPS) is 11.2. The fourth-order valence-electron chi connectivity index (χ4n) is 2.71. The van der Waals surface area contributed by atoms with E-state index in [2.05, 4.69) is 44.2 Å². The summed E-state index contributed by atoms with van der Waals surface area (Å²) in [4.78, 5) is 8.59. The van der Waals surface area contributed by atoms with Gasteiger partial charge in [0.25, 0.3) is 0 Å². The summed E-state index contributed by atoms with van der Waals surface area (Å²) >= 11 is 0. The molecule has 0 unspecified atom stereocenters. The molecule has 126 valence electrons. The molecule has 0 amide bonds. The Bertz CT molecular complexity index is 743. The molecule has 0 spiro atoms. The largest absolute Gasteiger partial charge is 0.335 e. The van der Waals surface area contributed by atoms with Gasteiger partial charge in [-0.1, -0.05) is 17.7 Å². The van der Waals surface area contributed by atoms with E-state index < -0.39 is 0 Å². The molecule has 2 aromatic rings. The summed E-state index contributed by atoms with van der Waals surface area (Å²) in [5, 5.41) is 14.8. The third-order valence-corrected chi connectivity index (χ3v) is 3.84. The first-order valence-corrected chi connectivity index (χ1v) is 8.02. The summed E-state index contributed by atoms with van der Waals surface area (Å²) in [6, 6.07) is 4.22. The number of benzene rings is 1. The molecule has 1 aromatic carbocycles. The van der Waals surface area contributed by atoms with Crippen LogP contribution in [0.1, 0.15) is 28.8 Å². The van der Waals surface area contributed by atoms with Gasteiger partial charge in [-0.05, 0) is 45.2 Å². The maximum atomic E-state index is 8.95. The lowest BCUT2D eigenvalue weighted by atomic mass is 10.1. The summed E-state index contributed by atoms with van der Waals surface area (Å²) in [6.07, 6.45) is 6.49. The smallest absolute Gasteiger partial charge is 0.209 e. The summed E-state index contributed by atoms with van der Waals surface area (Å²) in [6.45, 7) is 9.69. The number of rotatable bonds is 5. The van der Waals surface area contributed by atoms with Gasteiger partial charge in [0.1, 0.15) is 0 Å². The summed E-state index contributed by atoms with van der Waals surface area (Å²) in [7, 11) is 0. The lowest BCUT2D eigenvalue weighted by Crippen LogP contribution is -2.28. The zero-order chi connectivity index (χ0) is 17.5. The van der Waals surface area contributed by atoms with Crippen molar-refractivity contribution in [2.75, 3.05) is 11.9 Å². The first kappa shape index (κ1) is 17.5. The maximum absolute atomic E-state index is 8.95. The lowest BCUT2D eigenvalue weighted by molar-refractivity contribution is 0.636. The van der Waals surface area contributed by atoms with Gasteiger partial charge in [0.15, 0.2) is 6.19 Å². The predicted molar refractivity (Wildman–Crippen MR) is 96.9 cm³/mol.